The topological polar surface area (TPSA) is 61.6 Å². The van der Waals surface area contributed by atoms with Gasteiger partial charge >= 0.3 is 0 Å². The molecule has 0 saturated carbocycles. The normalized spacial score (nSPS) is 15.3. The molecule has 0 aliphatic rings. The highest BCUT2D eigenvalue weighted by Gasteiger charge is 2.16. The van der Waals surface area contributed by atoms with Crippen molar-refractivity contribution in [1.82, 2.24) is 0 Å². The van der Waals surface area contributed by atoms with Crippen LogP contribution in [0.15, 0.2) is 0 Å². The number of carbonyl (C=O) groups is 1. The molecular weight excluding hydrogens is 170 g/mol. The minimum Gasteiger partial charge on any atom is -0.379 e. The fraction of sp³-hybridized carbons (Fsp3) is 0.889. The monoisotopic (exact) mass is 189 g/mol. The molecule has 0 fully saturated rings. The van der Waals surface area contributed by atoms with E-state index in [4.69, 9.17) is 15.2 Å². The Morgan fingerprint density at radius 2 is 2.08 bits per heavy atom. The van der Waals surface area contributed by atoms with Gasteiger partial charge in [-0.15, -0.1) is 0 Å². The molecule has 78 valence electrons. The van der Waals surface area contributed by atoms with E-state index in [1.165, 1.54) is 0 Å². The van der Waals surface area contributed by atoms with E-state index in [1.807, 2.05) is 20.8 Å². The van der Waals surface area contributed by atoms with Gasteiger partial charge in [0.15, 0.2) is 0 Å². The first kappa shape index (κ1) is 12.4. The van der Waals surface area contributed by atoms with Crippen LogP contribution in [0.1, 0.15) is 27.2 Å². The lowest BCUT2D eigenvalue weighted by Crippen LogP contribution is -2.34. The Labute approximate surface area is 79.4 Å². The predicted molar refractivity (Wildman–Crippen MR) is 50.3 cm³/mol. The largest absolute Gasteiger partial charge is 0.379 e. The van der Waals surface area contributed by atoms with E-state index < -0.39 is 12.0 Å². The molecule has 0 aromatic carbocycles. The lowest BCUT2D eigenvalue weighted by Gasteiger charge is -2.18. The summed E-state index contributed by atoms with van der Waals surface area (Å²) < 4.78 is 10.5. The number of hydrogen-bond acceptors (Lipinski definition) is 3. The van der Waals surface area contributed by atoms with Crippen LogP contribution in [0.25, 0.3) is 0 Å². The second kappa shape index (κ2) is 6.86. The summed E-state index contributed by atoms with van der Waals surface area (Å²) in [6.07, 6.45) is 0.0269. The fourth-order valence-electron chi connectivity index (χ4n) is 0.968. The lowest BCUT2D eigenvalue weighted by molar-refractivity contribution is -0.135. The summed E-state index contributed by atoms with van der Waals surface area (Å²) in [7, 11) is 0. The molecule has 0 rings (SSSR count). The van der Waals surface area contributed by atoms with Crippen LogP contribution in [0.3, 0.4) is 0 Å². The van der Waals surface area contributed by atoms with Gasteiger partial charge in [0.05, 0.1) is 12.7 Å². The maximum absolute atomic E-state index is 10.8. The van der Waals surface area contributed by atoms with Crippen LogP contribution in [0.2, 0.25) is 0 Å². The van der Waals surface area contributed by atoms with E-state index in [9.17, 15) is 4.79 Å². The number of ether oxygens (including phenoxy) is 2. The number of primary amides is 1. The van der Waals surface area contributed by atoms with Crippen molar-refractivity contribution < 1.29 is 14.3 Å². The predicted octanol–water partition coefficient (Wildman–Crippen LogP) is 0.692. The molecule has 0 spiro atoms. The lowest BCUT2D eigenvalue weighted by atomic mass is 10.2. The number of rotatable bonds is 7. The van der Waals surface area contributed by atoms with E-state index in [2.05, 4.69) is 0 Å². The molecule has 0 aliphatic carbocycles. The summed E-state index contributed by atoms with van der Waals surface area (Å²) in [5.74, 6) is -0.411. The van der Waals surface area contributed by atoms with Gasteiger partial charge in [0, 0.05) is 6.61 Å². The van der Waals surface area contributed by atoms with Crippen molar-refractivity contribution in [2.24, 2.45) is 5.73 Å². The number of hydrogen-bond donors (Lipinski definition) is 1. The van der Waals surface area contributed by atoms with Gasteiger partial charge in [-0.05, 0) is 20.3 Å². The standard InChI is InChI=1S/C9H19NO3/c1-4-8(9(10)11)13-7(3)6-12-5-2/h7-8H,4-6H2,1-3H3,(H2,10,11). The first-order valence-electron chi connectivity index (χ1n) is 4.64. The first-order chi connectivity index (χ1) is 6.11. The molecule has 13 heavy (non-hydrogen) atoms. The van der Waals surface area contributed by atoms with Crippen molar-refractivity contribution >= 4 is 5.91 Å². The molecule has 2 N–H and O–H groups in total. The van der Waals surface area contributed by atoms with Gasteiger partial charge in [-0.25, -0.2) is 0 Å². The summed E-state index contributed by atoms with van der Waals surface area (Å²) >= 11 is 0. The van der Waals surface area contributed by atoms with Gasteiger partial charge < -0.3 is 15.2 Å². The molecule has 4 heteroatoms. The first-order valence-corrected chi connectivity index (χ1v) is 4.64. The average Bonchev–Trinajstić information content (AvgIpc) is 2.10. The molecule has 0 aromatic rings. The zero-order valence-corrected chi connectivity index (χ0v) is 8.58. The Morgan fingerprint density at radius 1 is 1.46 bits per heavy atom. The molecule has 0 aliphatic heterocycles. The Morgan fingerprint density at radius 3 is 2.46 bits per heavy atom. The highest BCUT2D eigenvalue weighted by atomic mass is 16.5. The molecule has 0 bridgehead atoms. The van der Waals surface area contributed by atoms with Gasteiger partial charge in [0.2, 0.25) is 5.91 Å². The van der Waals surface area contributed by atoms with Gasteiger partial charge in [-0.3, -0.25) is 4.79 Å². The minimum absolute atomic E-state index is 0.0857. The van der Waals surface area contributed by atoms with Gasteiger partial charge in [0.25, 0.3) is 0 Å². The molecule has 1 amide bonds. The number of carbonyl (C=O) groups excluding carboxylic acids is 1. The maximum Gasteiger partial charge on any atom is 0.246 e. The smallest absolute Gasteiger partial charge is 0.246 e. The summed E-state index contributed by atoms with van der Waals surface area (Å²) in [6.45, 7) is 6.80. The van der Waals surface area contributed by atoms with Gasteiger partial charge in [0.1, 0.15) is 6.10 Å². The highest BCUT2D eigenvalue weighted by molar-refractivity contribution is 5.78. The molecule has 2 unspecified atom stereocenters. The van der Waals surface area contributed by atoms with Crippen molar-refractivity contribution in [2.45, 2.75) is 39.4 Å². The molecule has 0 saturated heterocycles. The summed E-state index contributed by atoms with van der Waals surface area (Å²) in [6, 6.07) is 0. The quantitative estimate of drug-likeness (QED) is 0.641. The Balaban J connectivity index is 3.73. The molecule has 0 aromatic heterocycles. The maximum atomic E-state index is 10.8. The third kappa shape index (κ3) is 5.60. The van der Waals surface area contributed by atoms with Crippen LogP contribution in [-0.2, 0) is 14.3 Å². The van der Waals surface area contributed by atoms with Crippen molar-refractivity contribution in [1.29, 1.82) is 0 Å². The number of nitrogens with two attached hydrogens (primary N) is 1. The minimum atomic E-state index is -0.490. The SMILES string of the molecule is CCOCC(C)OC(CC)C(N)=O. The van der Waals surface area contributed by atoms with Crippen molar-refractivity contribution in [3.05, 3.63) is 0 Å². The molecule has 2 atom stereocenters. The molecule has 4 nitrogen and oxygen atoms in total. The van der Waals surface area contributed by atoms with E-state index in [-0.39, 0.29) is 6.10 Å². The second-order valence-electron chi connectivity index (χ2n) is 2.91. The Hall–Kier alpha value is -0.610. The Bertz CT molecular complexity index is 150. The van der Waals surface area contributed by atoms with Gasteiger partial charge in [-0.1, -0.05) is 6.92 Å². The average molecular weight is 189 g/mol. The van der Waals surface area contributed by atoms with Crippen LogP contribution in [0.4, 0.5) is 0 Å². The summed E-state index contributed by atoms with van der Waals surface area (Å²) in [5.41, 5.74) is 5.12. The van der Waals surface area contributed by atoms with E-state index in [0.717, 1.165) is 0 Å². The molecule has 0 radical (unpaired) electrons. The zero-order chi connectivity index (χ0) is 10.3. The van der Waals surface area contributed by atoms with Gasteiger partial charge in [-0.2, -0.15) is 0 Å². The fourth-order valence-corrected chi connectivity index (χ4v) is 0.968. The summed E-state index contributed by atoms with van der Waals surface area (Å²) in [5, 5.41) is 0. The highest BCUT2D eigenvalue weighted by Crippen LogP contribution is 2.02. The third-order valence-corrected chi connectivity index (χ3v) is 1.64. The van der Waals surface area contributed by atoms with E-state index in [1.54, 1.807) is 0 Å². The second-order valence-corrected chi connectivity index (χ2v) is 2.91. The van der Waals surface area contributed by atoms with Crippen LogP contribution in [0.5, 0.6) is 0 Å². The summed E-state index contributed by atoms with van der Waals surface area (Å²) in [4.78, 5) is 10.8. The van der Waals surface area contributed by atoms with Crippen LogP contribution < -0.4 is 5.73 Å². The Kier molecular flexibility index (Phi) is 6.54. The third-order valence-electron chi connectivity index (χ3n) is 1.64. The van der Waals surface area contributed by atoms with E-state index >= 15 is 0 Å². The zero-order valence-electron chi connectivity index (χ0n) is 8.58. The van der Waals surface area contributed by atoms with Crippen molar-refractivity contribution in [3.63, 3.8) is 0 Å². The van der Waals surface area contributed by atoms with Crippen LogP contribution >= 0.6 is 0 Å². The molecular formula is C9H19NO3. The van der Waals surface area contributed by atoms with Crippen molar-refractivity contribution in [2.75, 3.05) is 13.2 Å². The van der Waals surface area contributed by atoms with Crippen molar-refractivity contribution in [3.8, 4) is 0 Å². The van der Waals surface area contributed by atoms with E-state index in [0.29, 0.717) is 19.6 Å². The number of amides is 1. The van der Waals surface area contributed by atoms with Crippen LogP contribution in [-0.4, -0.2) is 31.3 Å². The van der Waals surface area contributed by atoms with Crippen LogP contribution in [0, 0.1) is 0 Å². The molecule has 0 heterocycles.